The zero-order valence-electron chi connectivity index (χ0n) is 19.9. The Morgan fingerprint density at radius 2 is 1.53 bits per heavy atom. The highest BCUT2D eigenvalue weighted by Gasteiger charge is 2.30. The maximum absolute atomic E-state index is 12.9. The van der Waals surface area contributed by atoms with E-state index in [0.29, 0.717) is 12.8 Å². The van der Waals surface area contributed by atoms with Gasteiger partial charge < -0.3 is 20.5 Å². The average molecular weight is 467 g/mol. The zero-order valence-corrected chi connectivity index (χ0v) is 19.9. The normalized spacial score (nSPS) is 13.9. The molecule has 7 nitrogen and oxygen atoms in total. The first-order valence-corrected chi connectivity index (χ1v) is 12.1. The number of aliphatic carboxylic acids is 1. The zero-order chi connectivity index (χ0) is 24.5. The van der Waals surface area contributed by atoms with Gasteiger partial charge in [0.1, 0.15) is 12.6 Å². The van der Waals surface area contributed by atoms with Crippen LogP contribution in [0, 0.1) is 0 Å². The summed E-state index contributed by atoms with van der Waals surface area (Å²) >= 11 is 0. The van der Waals surface area contributed by atoms with E-state index >= 15 is 0 Å². The van der Waals surface area contributed by atoms with Crippen LogP contribution in [-0.4, -0.2) is 41.8 Å². The van der Waals surface area contributed by atoms with Gasteiger partial charge in [0, 0.05) is 12.0 Å². The molecule has 0 radical (unpaired) electrons. The third-order valence-electron chi connectivity index (χ3n) is 6.20. The molecule has 7 heteroatoms. The van der Waals surface area contributed by atoms with Crippen LogP contribution in [0.25, 0.3) is 11.1 Å². The minimum Gasteiger partial charge on any atom is -0.481 e. The van der Waals surface area contributed by atoms with Gasteiger partial charge in [0.05, 0.1) is 6.42 Å². The summed E-state index contributed by atoms with van der Waals surface area (Å²) in [6, 6.07) is 15.0. The second kappa shape index (κ2) is 12.2. The molecule has 1 aliphatic rings. The lowest BCUT2D eigenvalue weighted by Crippen LogP contribution is -2.50. The van der Waals surface area contributed by atoms with Crippen LogP contribution in [0.2, 0.25) is 0 Å². The van der Waals surface area contributed by atoms with Crippen LogP contribution < -0.4 is 10.6 Å². The van der Waals surface area contributed by atoms with Crippen molar-refractivity contribution in [1.82, 2.24) is 10.6 Å². The van der Waals surface area contributed by atoms with Gasteiger partial charge in [0.15, 0.2) is 0 Å². The van der Waals surface area contributed by atoms with Crippen LogP contribution in [0.15, 0.2) is 48.5 Å². The third kappa shape index (κ3) is 6.37. The summed E-state index contributed by atoms with van der Waals surface area (Å²) in [6.45, 7) is 4.11. The quantitative estimate of drug-likeness (QED) is 0.415. The molecular weight excluding hydrogens is 432 g/mol. The number of carboxylic acid groups (broad SMARTS) is 1. The second-order valence-corrected chi connectivity index (χ2v) is 8.76. The highest BCUT2D eigenvalue weighted by atomic mass is 16.5. The average Bonchev–Trinajstić information content (AvgIpc) is 3.14. The molecule has 182 valence electrons. The van der Waals surface area contributed by atoms with E-state index in [1.807, 2.05) is 38.1 Å². The molecular formula is C27H34N2O5. The van der Waals surface area contributed by atoms with Gasteiger partial charge in [-0.15, -0.1) is 0 Å². The molecule has 0 aromatic heterocycles. The fourth-order valence-corrected chi connectivity index (χ4v) is 4.55. The summed E-state index contributed by atoms with van der Waals surface area (Å²) in [5, 5.41) is 14.6. The molecule has 2 aromatic carbocycles. The maximum atomic E-state index is 12.9. The van der Waals surface area contributed by atoms with Gasteiger partial charge in [-0.25, -0.2) is 4.79 Å². The number of rotatable bonds is 12. The highest BCUT2D eigenvalue weighted by molar-refractivity contribution is 5.86. The topological polar surface area (TPSA) is 105 Å². The first-order chi connectivity index (χ1) is 16.4. The summed E-state index contributed by atoms with van der Waals surface area (Å²) in [4.78, 5) is 36.7. The number of fused-ring (bicyclic) bond motifs is 3. The summed E-state index contributed by atoms with van der Waals surface area (Å²) in [5.41, 5.74) is 4.53. The molecule has 3 rings (SSSR count). The minimum atomic E-state index is -0.964. The number of nitrogens with one attached hydrogen (secondary N) is 2. The van der Waals surface area contributed by atoms with Gasteiger partial charge in [0.25, 0.3) is 0 Å². The number of alkyl carbamates (subject to hydrolysis) is 1. The molecule has 3 N–H and O–H groups in total. The first kappa shape index (κ1) is 25.3. The van der Waals surface area contributed by atoms with Gasteiger partial charge >= 0.3 is 12.1 Å². The fraction of sp³-hybridized carbons (Fsp3) is 0.444. The van der Waals surface area contributed by atoms with Crippen molar-refractivity contribution in [1.29, 1.82) is 0 Å². The Morgan fingerprint density at radius 1 is 0.912 bits per heavy atom. The number of hydrogen-bond acceptors (Lipinski definition) is 4. The molecule has 0 heterocycles. The Morgan fingerprint density at radius 3 is 2.09 bits per heavy atom. The smallest absolute Gasteiger partial charge is 0.407 e. The lowest BCUT2D eigenvalue weighted by Gasteiger charge is -2.23. The number of carbonyl (C=O) groups excluding carboxylic acids is 2. The third-order valence-corrected chi connectivity index (χ3v) is 6.20. The van der Waals surface area contributed by atoms with Crippen molar-refractivity contribution in [3.63, 3.8) is 0 Å². The largest absolute Gasteiger partial charge is 0.481 e. The predicted octanol–water partition coefficient (Wildman–Crippen LogP) is 4.84. The highest BCUT2D eigenvalue weighted by Crippen LogP contribution is 2.44. The molecule has 0 saturated carbocycles. The van der Waals surface area contributed by atoms with E-state index in [9.17, 15) is 14.4 Å². The molecule has 0 aliphatic heterocycles. The number of ether oxygens (including phenoxy) is 1. The number of carboxylic acids is 1. The maximum Gasteiger partial charge on any atom is 0.407 e. The van der Waals surface area contributed by atoms with Gasteiger partial charge in [-0.2, -0.15) is 0 Å². The molecule has 1 unspecified atom stereocenters. The van der Waals surface area contributed by atoms with Crippen LogP contribution in [0.3, 0.4) is 0 Å². The number of carbonyl (C=O) groups is 3. The lowest BCUT2D eigenvalue weighted by atomic mass is 9.98. The molecule has 0 spiro atoms. The van der Waals surface area contributed by atoms with E-state index in [4.69, 9.17) is 9.84 Å². The molecule has 2 amide bonds. The SMILES string of the molecule is CCCCC(NC(=O)OCC1c2ccccc2-c2ccccc21)C(=O)N[C@H](CCC)CC(=O)O. The van der Waals surface area contributed by atoms with Gasteiger partial charge in [0.2, 0.25) is 5.91 Å². The van der Waals surface area contributed by atoms with Crippen molar-refractivity contribution in [2.45, 2.75) is 70.4 Å². The Balaban J connectivity index is 1.64. The number of benzene rings is 2. The van der Waals surface area contributed by atoms with Crippen LogP contribution in [0.4, 0.5) is 4.79 Å². The standard InChI is InChI=1S/C27H34N2O5/c1-3-5-15-24(26(32)28-18(10-4-2)16-25(30)31)29-27(33)34-17-23-21-13-8-6-11-19(21)20-12-7-9-14-22(20)23/h6-9,11-14,18,23-24H,3-5,10,15-17H2,1-2H3,(H,28,32)(H,29,33)(H,30,31)/t18-,24?/m1/s1. The van der Waals surface area contributed by atoms with Crippen molar-refractivity contribution in [3.05, 3.63) is 59.7 Å². The van der Waals surface area contributed by atoms with E-state index in [-0.39, 0.29) is 24.9 Å². The monoisotopic (exact) mass is 466 g/mol. The summed E-state index contributed by atoms with van der Waals surface area (Å²) in [6.07, 6.45) is 2.58. The lowest BCUT2D eigenvalue weighted by molar-refractivity contribution is -0.137. The Bertz CT molecular complexity index is 961. The van der Waals surface area contributed by atoms with E-state index in [2.05, 4.69) is 34.9 Å². The van der Waals surface area contributed by atoms with Crippen molar-refractivity contribution < 1.29 is 24.2 Å². The molecule has 2 atom stereocenters. The molecule has 2 aromatic rings. The van der Waals surface area contributed by atoms with Crippen molar-refractivity contribution in [2.24, 2.45) is 0 Å². The van der Waals surface area contributed by atoms with Crippen LogP contribution in [0.5, 0.6) is 0 Å². The summed E-state index contributed by atoms with van der Waals surface area (Å²) in [7, 11) is 0. The van der Waals surface area contributed by atoms with Crippen molar-refractivity contribution in [3.8, 4) is 11.1 Å². The fourth-order valence-electron chi connectivity index (χ4n) is 4.55. The first-order valence-electron chi connectivity index (χ1n) is 12.1. The Kier molecular flexibility index (Phi) is 9.08. The Hall–Kier alpha value is -3.35. The summed E-state index contributed by atoms with van der Waals surface area (Å²) < 4.78 is 5.59. The minimum absolute atomic E-state index is 0.0643. The van der Waals surface area contributed by atoms with Gasteiger partial charge in [-0.1, -0.05) is 81.6 Å². The predicted molar refractivity (Wildman–Crippen MR) is 131 cm³/mol. The van der Waals surface area contributed by atoms with E-state index in [0.717, 1.165) is 41.5 Å². The number of amides is 2. The number of hydrogen-bond donors (Lipinski definition) is 3. The van der Waals surface area contributed by atoms with Crippen LogP contribution >= 0.6 is 0 Å². The van der Waals surface area contributed by atoms with Gasteiger partial charge in [-0.3, -0.25) is 9.59 Å². The molecule has 34 heavy (non-hydrogen) atoms. The molecule has 0 fully saturated rings. The van der Waals surface area contributed by atoms with Crippen molar-refractivity contribution in [2.75, 3.05) is 6.61 Å². The molecule has 0 saturated heterocycles. The van der Waals surface area contributed by atoms with E-state index in [1.165, 1.54) is 0 Å². The van der Waals surface area contributed by atoms with E-state index < -0.39 is 24.1 Å². The molecule has 0 bridgehead atoms. The van der Waals surface area contributed by atoms with E-state index in [1.54, 1.807) is 0 Å². The van der Waals surface area contributed by atoms with Crippen LogP contribution in [0.1, 0.15) is 69.4 Å². The molecule has 1 aliphatic carbocycles. The van der Waals surface area contributed by atoms with Gasteiger partial charge in [-0.05, 0) is 35.1 Å². The van der Waals surface area contributed by atoms with Crippen molar-refractivity contribution >= 4 is 18.0 Å². The van der Waals surface area contributed by atoms with Crippen LogP contribution in [-0.2, 0) is 14.3 Å². The second-order valence-electron chi connectivity index (χ2n) is 8.76. The summed E-state index contributed by atoms with van der Waals surface area (Å²) in [5.74, 6) is -1.40. The number of unbranched alkanes of at least 4 members (excludes halogenated alkanes) is 1. The Labute approximate surface area is 200 Å².